The maximum Gasteiger partial charge on any atom is 0.407 e. The van der Waals surface area contributed by atoms with Gasteiger partial charge in [0.1, 0.15) is 23.4 Å². The van der Waals surface area contributed by atoms with E-state index in [1.54, 1.807) is 14.2 Å². The lowest BCUT2D eigenvalue weighted by Gasteiger charge is -2.42. The number of hydrogen-bond acceptors (Lipinski definition) is 8. The second-order valence-electron chi connectivity index (χ2n) is 11.3. The van der Waals surface area contributed by atoms with Crippen LogP contribution in [0.3, 0.4) is 0 Å². The van der Waals surface area contributed by atoms with Gasteiger partial charge in [0.05, 0.1) is 25.2 Å². The Balaban J connectivity index is 1.33. The average molecular weight is 553 g/mol. The minimum absolute atomic E-state index is 0.00660. The highest BCUT2D eigenvalue weighted by Crippen LogP contribution is 2.59. The minimum atomic E-state index is -0.450. The molecule has 1 spiro atoms. The van der Waals surface area contributed by atoms with Crippen molar-refractivity contribution in [2.75, 3.05) is 46.9 Å². The van der Waals surface area contributed by atoms with Crippen molar-refractivity contribution in [1.82, 2.24) is 21.3 Å². The number of allylic oxidation sites excluding steroid dienone is 1. The molecule has 1 saturated carbocycles. The average Bonchev–Trinajstić information content (AvgIpc) is 3.80. The van der Waals surface area contributed by atoms with Crippen LogP contribution >= 0.6 is 0 Å². The van der Waals surface area contributed by atoms with Gasteiger partial charge in [-0.25, -0.2) is 4.79 Å². The van der Waals surface area contributed by atoms with Gasteiger partial charge in [-0.15, -0.1) is 0 Å². The van der Waals surface area contributed by atoms with Crippen LogP contribution in [0.5, 0.6) is 0 Å². The van der Waals surface area contributed by atoms with Gasteiger partial charge in [0.2, 0.25) is 11.8 Å². The Kier molecular flexibility index (Phi) is 11.6. The van der Waals surface area contributed by atoms with Crippen LogP contribution in [0.4, 0.5) is 4.79 Å². The van der Waals surface area contributed by atoms with Crippen LogP contribution in [0.25, 0.3) is 0 Å². The van der Waals surface area contributed by atoms with Gasteiger partial charge in [0.15, 0.2) is 0 Å². The van der Waals surface area contributed by atoms with Crippen molar-refractivity contribution in [2.24, 2.45) is 5.92 Å². The van der Waals surface area contributed by atoms with E-state index in [0.29, 0.717) is 39.1 Å². The molecule has 0 radical (unpaired) electrons. The molecule has 39 heavy (non-hydrogen) atoms. The predicted molar refractivity (Wildman–Crippen MR) is 146 cm³/mol. The second kappa shape index (κ2) is 14.4. The highest BCUT2D eigenvalue weighted by atomic mass is 16.6. The molecule has 2 heterocycles. The Labute approximate surface area is 232 Å². The normalized spacial score (nSPS) is 30.8. The van der Waals surface area contributed by atoms with E-state index in [9.17, 15) is 14.4 Å². The number of likely N-dealkylation sites (N-methyl/N-ethyl adjacent to an activating group) is 1. The number of ether oxygens (including phenoxy) is 4. The van der Waals surface area contributed by atoms with Crippen LogP contribution in [0, 0.1) is 5.92 Å². The Morgan fingerprint density at radius 1 is 1.03 bits per heavy atom. The summed E-state index contributed by atoms with van der Waals surface area (Å²) in [6, 6.07) is 0. The van der Waals surface area contributed by atoms with Crippen LogP contribution in [0.1, 0.15) is 65.7 Å². The number of epoxide rings is 2. The molecule has 3 rings (SSSR count). The van der Waals surface area contributed by atoms with Crippen molar-refractivity contribution in [3.8, 4) is 0 Å². The molecule has 3 aliphatic rings. The van der Waals surface area contributed by atoms with E-state index in [2.05, 4.69) is 48.1 Å². The molecule has 3 fully saturated rings. The number of rotatable bonds is 16. The SMILES string of the molecule is CNCC(=O)NCCNC(=O)CCCCCNC(=O)OC1CC[C@]2(CO2)C(C2(C)O[C@@H]2CC=C(C)C)C1OC. The summed E-state index contributed by atoms with van der Waals surface area (Å²) in [6.07, 6.45) is 6.22. The van der Waals surface area contributed by atoms with E-state index >= 15 is 0 Å². The van der Waals surface area contributed by atoms with Gasteiger partial charge < -0.3 is 40.2 Å². The first kappa shape index (κ1) is 31.3. The molecule has 2 aliphatic heterocycles. The highest BCUT2D eigenvalue weighted by molar-refractivity contribution is 5.78. The van der Waals surface area contributed by atoms with E-state index in [1.165, 1.54) is 5.57 Å². The molecule has 4 unspecified atom stereocenters. The summed E-state index contributed by atoms with van der Waals surface area (Å²) in [5.41, 5.74) is 0.646. The zero-order valence-corrected chi connectivity index (χ0v) is 24.2. The fourth-order valence-electron chi connectivity index (χ4n) is 5.74. The van der Waals surface area contributed by atoms with Crippen LogP contribution in [-0.4, -0.2) is 94.4 Å². The number of nitrogens with one attached hydrogen (secondary N) is 4. The molecule has 0 aromatic carbocycles. The number of carbonyl (C=O) groups excluding carboxylic acids is 3. The summed E-state index contributed by atoms with van der Waals surface area (Å²) in [4.78, 5) is 35.8. The molecule has 0 aromatic rings. The summed E-state index contributed by atoms with van der Waals surface area (Å²) in [5.74, 6) is -0.154. The lowest BCUT2D eigenvalue weighted by Crippen LogP contribution is -2.56. The molecule has 2 saturated heterocycles. The number of alkyl carbamates (subject to hydrolysis) is 1. The Morgan fingerprint density at radius 2 is 1.74 bits per heavy atom. The monoisotopic (exact) mass is 552 g/mol. The topological polar surface area (TPSA) is 143 Å². The fraction of sp³-hybridized carbons (Fsp3) is 0.821. The molecular weight excluding hydrogens is 504 g/mol. The summed E-state index contributed by atoms with van der Waals surface area (Å²) in [7, 11) is 3.37. The standard InChI is InChI=1S/C28H48N4O7/c1-19(2)10-11-21-27(3,39-21)25-24(36-5)20(12-13-28(25)18-37-28)38-26(35)32-14-8-6-7-9-22(33)30-15-16-31-23(34)17-29-4/h10,20-21,24-25,29H,6-9,11-18H2,1-5H3,(H,30,33)(H,31,34)(H,32,35)/t20?,21-,24?,25?,27?,28+/m1/s1. The summed E-state index contributed by atoms with van der Waals surface area (Å²) < 4.78 is 23.9. The first-order chi connectivity index (χ1) is 18.6. The third-order valence-electron chi connectivity index (χ3n) is 7.95. The van der Waals surface area contributed by atoms with Crippen LogP contribution in [0.15, 0.2) is 11.6 Å². The van der Waals surface area contributed by atoms with Crippen molar-refractivity contribution in [3.63, 3.8) is 0 Å². The van der Waals surface area contributed by atoms with E-state index in [-0.39, 0.29) is 53.8 Å². The zero-order valence-electron chi connectivity index (χ0n) is 24.2. The maximum absolute atomic E-state index is 12.6. The van der Waals surface area contributed by atoms with Crippen molar-refractivity contribution in [2.45, 2.75) is 95.2 Å². The van der Waals surface area contributed by atoms with Crippen LogP contribution in [0.2, 0.25) is 0 Å². The van der Waals surface area contributed by atoms with Gasteiger partial charge in [0, 0.05) is 33.2 Å². The predicted octanol–water partition coefficient (Wildman–Crippen LogP) is 1.80. The maximum atomic E-state index is 12.6. The third kappa shape index (κ3) is 8.89. The van der Waals surface area contributed by atoms with Crippen molar-refractivity contribution in [1.29, 1.82) is 0 Å². The number of carbonyl (C=O) groups is 3. The quantitative estimate of drug-likeness (QED) is 0.129. The van der Waals surface area contributed by atoms with Crippen molar-refractivity contribution in [3.05, 3.63) is 11.6 Å². The zero-order chi connectivity index (χ0) is 28.5. The first-order valence-corrected chi connectivity index (χ1v) is 14.3. The van der Waals surface area contributed by atoms with Crippen molar-refractivity contribution >= 4 is 17.9 Å². The Hall–Kier alpha value is -2.21. The smallest absolute Gasteiger partial charge is 0.407 e. The largest absolute Gasteiger partial charge is 0.443 e. The highest BCUT2D eigenvalue weighted by Gasteiger charge is 2.72. The third-order valence-corrected chi connectivity index (χ3v) is 7.95. The van der Waals surface area contributed by atoms with Gasteiger partial charge >= 0.3 is 6.09 Å². The number of unbranched alkanes of at least 4 members (excludes halogenated alkanes) is 2. The van der Waals surface area contributed by atoms with Crippen LogP contribution < -0.4 is 21.3 Å². The van der Waals surface area contributed by atoms with Crippen molar-refractivity contribution < 1.29 is 33.3 Å². The Bertz CT molecular complexity index is 874. The van der Waals surface area contributed by atoms with E-state index in [4.69, 9.17) is 18.9 Å². The molecule has 0 aromatic heterocycles. The molecule has 6 atom stereocenters. The molecule has 3 amide bonds. The van der Waals surface area contributed by atoms with Gasteiger partial charge in [-0.3, -0.25) is 9.59 Å². The Morgan fingerprint density at radius 3 is 2.38 bits per heavy atom. The molecule has 222 valence electrons. The van der Waals surface area contributed by atoms with Gasteiger partial charge in [0.25, 0.3) is 0 Å². The number of amides is 3. The number of hydrogen-bond donors (Lipinski definition) is 4. The van der Waals surface area contributed by atoms with E-state index < -0.39 is 6.09 Å². The summed E-state index contributed by atoms with van der Waals surface area (Å²) >= 11 is 0. The lowest BCUT2D eigenvalue weighted by molar-refractivity contribution is -0.122. The lowest BCUT2D eigenvalue weighted by atomic mass is 9.68. The minimum Gasteiger partial charge on any atom is -0.443 e. The summed E-state index contributed by atoms with van der Waals surface area (Å²) in [6.45, 7) is 8.53. The van der Waals surface area contributed by atoms with Gasteiger partial charge in [-0.05, 0) is 59.9 Å². The molecule has 11 heteroatoms. The molecule has 11 nitrogen and oxygen atoms in total. The summed E-state index contributed by atoms with van der Waals surface area (Å²) in [5, 5.41) is 11.1. The number of methoxy groups -OCH3 is 1. The molecule has 4 N–H and O–H groups in total. The first-order valence-electron chi connectivity index (χ1n) is 14.3. The second-order valence-corrected chi connectivity index (χ2v) is 11.3. The van der Waals surface area contributed by atoms with Gasteiger partial charge in [-0.2, -0.15) is 0 Å². The van der Waals surface area contributed by atoms with E-state index in [0.717, 1.165) is 32.1 Å². The fourth-order valence-corrected chi connectivity index (χ4v) is 5.74. The molecule has 0 bridgehead atoms. The van der Waals surface area contributed by atoms with E-state index in [1.807, 2.05) is 0 Å². The van der Waals surface area contributed by atoms with Gasteiger partial charge in [-0.1, -0.05) is 18.1 Å². The molecular formula is C28H48N4O7. The molecule has 1 aliphatic carbocycles. The van der Waals surface area contributed by atoms with Crippen LogP contribution in [-0.2, 0) is 28.5 Å².